The summed E-state index contributed by atoms with van der Waals surface area (Å²) >= 11 is 0. The van der Waals surface area contributed by atoms with Crippen molar-refractivity contribution < 1.29 is 82.7 Å². The predicted octanol–water partition coefficient (Wildman–Crippen LogP) is 5.71. The maximum atomic E-state index is 14.6. The number of ether oxygens (including phenoxy) is 5. The minimum absolute atomic E-state index is 0.0163. The van der Waals surface area contributed by atoms with Gasteiger partial charge in [0.25, 0.3) is 11.7 Å². The third kappa shape index (κ3) is 16.7. The summed E-state index contributed by atoms with van der Waals surface area (Å²) in [7, 11) is 4.01. The molecular weight excluding hydrogens is 1010 g/mol. The van der Waals surface area contributed by atoms with Gasteiger partial charge in [-0.3, -0.25) is 29.6 Å². The number of ketones is 3. The number of allylic oxidation sites excluding steroid dienone is 6. The van der Waals surface area contributed by atoms with Crippen LogP contribution in [-0.2, 0) is 57.3 Å². The summed E-state index contributed by atoms with van der Waals surface area (Å²) in [5, 5.41) is 45.9. The third-order valence-corrected chi connectivity index (χ3v) is 16.6. The number of piperidine rings is 1. The molecule has 78 heavy (non-hydrogen) atoms. The number of amides is 3. The van der Waals surface area contributed by atoms with Crippen LogP contribution in [0.25, 0.3) is 0 Å². The summed E-state index contributed by atoms with van der Waals surface area (Å²) in [6.45, 7) is 13.2. The topological polar surface area (TPSA) is 269 Å². The van der Waals surface area contributed by atoms with Gasteiger partial charge in [-0.05, 0) is 112 Å². The number of hydrogen-bond acceptors (Lipinski definition) is 18. The molecular formula is C57H88N4O17. The fourth-order valence-corrected chi connectivity index (χ4v) is 11.7. The molecule has 1 saturated carbocycles. The van der Waals surface area contributed by atoms with Crippen LogP contribution in [0.5, 0.6) is 0 Å². The second-order valence-electron chi connectivity index (χ2n) is 22.5. The molecule has 5 rings (SSSR count). The number of aliphatic hydroxyl groups excluding tert-OH is 1. The van der Waals surface area contributed by atoms with Crippen LogP contribution in [-0.4, -0.2) is 184 Å². The molecule has 4 aliphatic heterocycles. The van der Waals surface area contributed by atoms with Gasteiger partial charge in [-0.25, -0.2) is 14.4 Å². The van der Waals surface area contributed by atoms with Crippen molar-refractivity contribution in [3.63, 3.8) is 0 Å². The second kappa shape index (κ2) is 29.7. The van der Waals surface area contributed by atoms with E-state index >= 15 is 0 Å². The van der Waals surface area contributed by atoms with Gasteiger partial charge in [-0.15, -0.1) is 0 Å². The van der Waals surface area contributed by atoms with Crippen LogP contribution in [0.3, 0.4) is 0 Å². The lowest BCUT2D eigenvalue weighted by Crippen LogP contribution is -2.61. The number of methoxy groups -OCH3 is 2. The monoisotopic (exact) mass is 1100 g/mol. The van der Waals surface area contributed by atoms with E-state index in [-0.39, 0.29) is 81.9 Å². The predicted molar refractivity (Wildman–Crippen MR) is 283 cm³/mol. The molecule has 4 N–H and O–H groups in total. The van der Waals surface area contributed by atoms with Gasteiger partial charge in [0.15, 0.2) is 5.78 Å². The van der Waals surface area contributed by atoms with Gasteiger partial charge in [-0.2, -0.15) is 5.06 Å². The van der Waals surface area contributed by atoms with Crippen molar-refractivity contribution in [3.8, 4) is 0 Å². The van der Waals surface area contributed by atoms with Crippen molar-refractivity contribution in [3.05, 3.63) is 47.6 Å². The van der Waals surface area contributed by atoms with Crippen molar-refractivity contribution in [2.75, 3.05) is 54.1 Å². The number of urea groups is 1. The molecule has 2 bridgehead atoms. The average molecular weight is 1100 g/mol. The van der Waals surface area contributed by atoms with Gasteiger partial charge in [0.05, 0.1) is 44.4 Å². The number of morpholine rings is 1. The highest BCUT2D eigenvalue weighted by Gasteiger charge is 2.53. The Bertz CT molecular complexity index is 2210. The molecule has 3 saturated heterocycles. The first-order valence-electron chi connectivity index (χ1n) is 27.9. The Hall–Kier alpha value is -4.71. The van der Waals surface area contributed by atoms with E-state index in [1.54, 1.807) is 58.9 Å². The molecule has 0 aromatic rings. The van der Waals surface area contributed by atoms with Gasteiger partial charge in [-0.1, -0.05) is 71.1 Å². The zero-order valence-corrected chi connectivity index (χ0v) is 47.5. The van der Waals surface area contributed by atoms with Crippen molar-refractivity contribution in [2.24, 2.45) is 41.4 Å². The van der Waals surface area contributed by atoms with Crippen LogP contribution < -0.4 is 0 Å². The highest BCUT2D eigenvalue weighted by molar-refractivity contribution is 6.39. The minimum Gasteiger partial charge on any atom is -0.460 e. The Morgan fingerprint density at radius 2 is 1.58 bits per heavy atom. The molecule has 0 radical (unpaired) electrons. The molecule has 21 nitrogen and oxygen atoms in total. The van der Waals surface area contributed by atoms with Crippen LogP contribution in [0.4, 0.5) is 4.79 Å². The summed E-state index contributed by atoms with van der Waals surface area (Å²) < 4.78 is 29.3. The Balaban J connectivity index is 1.50. The zero-order valence-electron chi connectivity index (χ0n) is 47.5. The lowest BCUT2D eigenvalue weighted by molar-refractivity contribution is -0.306. The molecule has 21 heteroatoms. The number of esters is 1. The van der Waals surface area contributed by atoms with Crippen molar-refractivity contribution in [1.82, 2.24) is 20.1 Å². The molecule has 0 spiro atoms. The summed E-state index contributed by atoms with van der Waals surface area (Å²) in [5.41, 5.74) is 0.867. The van der Waals surface area contributed by atoms with Crippen LogP contribution in [0.15, 0.2) is 47.6 Å². The van der Waals surface area contributed by atoms with E-state index in [1.165, 1.54) is 26.2 Å². The second-order valence-corrected chi connectivity index (χ2v) is 22.5. The zero-order chi connectivity index (χ0) is 57.6. The van der Waals surface area contributed by atoms with E-state index in [0.717, 1.165) is 4.90 Å². The first-order chi connectivity index (χ1) is 36.9. The molecule has 0 unspecified atom stereocenters. The molecule has 5 aliphatic rings. The number of hydroxylamine groups is 4. The summed E-state index contributed by atoms with van der Waals surface area (Å²) in [6, 6.07) is -2.94. The van der Waals surface area contributed by atoms with Crippen molar-refractivity contribution >= 4 is 41.2 Å². The lowest BCUT2D eigenvalue weighted by Gasteiger charge is -2.43. The average Bonchev–Trinajstić information content (AvgIpc) is 3.43. The van der Waals surface area contributed by atoms with E-state index in [9.17, 15) is 54.2 Å². The van der Waals surface area contributed by atoms with E-state index < -0.39 is 108 Å². The fraction of sp³-hybridized carbons (Fsp3) is 0.737. The molecule has 15 atom stereocenters. The van der Waals surface area contributed by atoms with Gasteiger partial charge in [0.1, 0.15) is 30.1 Å². The lowest BCUT2D eigenvalue weighted by atomic mass is 9.75. The summed E-state index contributed by atoms with van der Waals surface area (Å²) in [4.78, 5) is 106. The van der Waals surface area contributed by atoms with E-state index in [1.807, 2.05) is 26.0 Å². The van der Waals surface area contributed by atoms with Crippen LogP contribution >= 0.6 is 0 Å². The number of cyclic esters (lactones) is 1. The number of carbonyl (C=O) groups is 7. The maximum absolute atomic E-state index is 14.6. The molecule has 3 amide bonds. The molecule has 0 aromatic heterocycles. The van der Waals surface area contributed by atoms with Gasteiger partial charge >= 0.3 is 18.0 Å². The highest BCUT2D eigenvalue weighted by atomic mass is 16.9. The summed E-state index contributed by atoms with van der Waals surface area (Å²) in [6.07, 6.45) is 8.81. The Morgan fingerprint density at radius 3 is 2.24 bits per heavy atom. The van der Waals surface area contributed by atoms with Crippen LogP contribution in [0.1, 0.15) is 126 Å². The van der Waals surface area contributed by atoms with Crippen molar-refractivity contribution in [1.29, 1.82) is 0 Å². The molecule has 4 heterocycles. The first kappa shape index (κ1) is 64.1. The summed E-state index contributed by atoms with van der Waals surface area (Å²) in [5.74, 6) is -10.7. The quantitative estimate of drug-likeness (QED) is 0.0745. The number of fused-ring (bicyclic) bond motifs is 3. The smallest absolute Gasteiger partial charge is 0.344 e. The standard InChI is InChI=1S/C57H88N4O17/c1-34-16-12-11-13-17-35(2)45(61(72)56(69)59-24-26-75-27-25-59)32-42-21-19-40(7)57(70,77-42)52(65)53(66)60-23-15-14-18-44(60)55(68)76-47(37(4)30-41-20-22-43(48(31-41)73-9)54(67)78-58(8)71)33-46(62)36(3)29-39(6)50(64)51(74-10)49(63)38(5)28-34/h11-13,16-17,29,34,36-38,40-45,47-48,50-51,64,70-72H,14-15,18-28,30-33H2,1-10H3/b13-11+,16-12-,35-17+,39-29+/t34-,36-,37-,38-,40-,41+,42+,43-,44+,45-,47+,48-,50-,51+,57-/m1/s1. The minimum atomic E-state index is -2.64. The number of carbonyl (C=O) groups excluding carboxylic acids is 7. The SMILES string of the molecule is CO[C@@H]1C[C@H](C[C@@H](C)[C@@H]2CC(=O)[C@H](C)/C=C(\C)[C@@H](O)[C@@H](OC)C(=O)[C@H](C)C[C@H](C)\C=C/C=C/C=C(\C)[C@H](N(O)C(=O)N3CCOCC3)C[C@@H]3CC[C@@H](C)[C@@](O)(O3)C(=O)C(=O)N3CCCC[C@H]3C(=O)O2)CC[C@H]1C(=O)ON(C)O. The molecule has 0 aromatic carbocycles. The molecule has 1 aliphatic carbocycles. The number of hydrogen-bond donors (Lipinski definition) is 4. The Kier molecular flexibility index (Phi) is 24.4. The molecule has 438 valence electrons. The Morgan fingerprint density at radius 1 is 0.872 bits per heavy atom. The maximum Gasteiger partial charge on any atom is 0.344 e. The van der Waals surface area contributed by atoms with E-state index in [4.69, 9.17) is 28.5 Å². The van der Waals surface area contributed by atoms with Gasteiger partial charge in [0.2, 0.25) is 5.79 Å². The van der Waals surface area contributed by atoms with E-state index in [0.29, 0.717) is 72.8 Å². The van der Waals surface area contributed by atoms with E-state index in [2.05, 4.69) is 0 Å². The number of aliphatic hydroxyl groups is 2. The van der Waals surface area contributed by atoms with Gasteiger partial charge in [0, 0.05) is 64.4 Å². The van der Waals surface area contributed by atoms with Crippen molar-refractivity contribution in [2.45, 2.75) is 174 Å². The Labute approximate surface area is 459 Å². The normalized spacial score (nSPS) is 36.8. The first-order valence-corrected chi connectivity index (χ1v) is 27.9. The number of Topliss-reactive ketones (excluding diaryl/α,β-unsaturated/α-hetero) is 3. The van der Waals surface area contributed by atoms with Crippen LogP contribution in [0, 0.1) is 41.4 Å². The van der Waals surface area contributed by atoms with Crippen LogP contribution in [0.2, 0.25) is 0 Å². The largest absolute Gasteiger partial charge is 0.460 e. The molecule has 4 fully saturated rings. The number of nitrogens with zero attached hydrogens (tertiary/aromatic N) is 4. The number of rotatable bonds is 8. The third-order valence-electron chi connectivity index (χ3n) is 16.6. The fourth-order valence-electron chi connectivity index (χ4n) is 11.7. The highest BCUT2D eigenvalue weighted by Crippen LogP contribution is 2.39. The van der Waals surface area contributed by atoms with Gasteiger partial charge < -0.3 is 48.5 Å².